The van der Waals surface area contributed by atoms with Crippen molar-refractivity contribution < 1.29 is 0 Å². The van der Waals surface area contributed by atoms with Gasteiger partial charge in [0.05, 0.1) is 0 Å². The van der Waals surface area contributed by atoms with Crippen molar-refractivity contribution in [3.63, 3.8) is 0 Å². The minimum atomic E-state index is 1.14. The molecule has 0 aromatic carbocycles. The van der Waals surface area contributed by atoms with Gasteiger partial charge in [-0.1, -0.05) is 34.9 Å². The summed E-state index contributed by atoms with van der Waals surface area (Å²) in [6.07, 6.45) is 26.1. The molecule has 0 aliphatic rings. The summed E-state index contributed by atoms with van der Waals surface area (Å²) in [7, 11) is 0. The Hall–Kier alpha value is -1.17. The first-order valence-corrected chi connectivity index (χ1v) is 13.1. The first-order chi connectivity index (χ1) is 14.7. The molecule has 0 nitrogen and oxygen atoms in total. The van der Waals surface area contributed by atoms with Crippen molar-refractivity contribution in [3.8, 4) is 0 Å². The number of allylic oxidation sites excluding steroid dienone is 12. The Balaban J connectivity index is 4.08. The molecule has 0 amide bonds. The molecule has 0 spiro atoms. The van der Waals surface area contributed by atoms with Gasteiger partial charge in [-0.2, -0.15) is 0 Å². The first kappa shape index (κ1) is 29.8. The Labute approximate surface area is 202 Å². The van der Waals surface area contributed by atoms with Crippen LogP contribution in [0.3, 0.4) is 0 Å². The number of rotatable bonds is 16. The fourth-order valence-corrected chi connectivity index (χ4v) is 3.53. The van der Waals surface area contributed by atoms with Crippen LogP contribution in [0.2, 0.25) is 0 Å². The topological polar surface area (TPSA) is 0 Å². The standard InChI is InChI=1S/C30H48Se/c1-25(2)14-10-17-28(5)20-11-18-26(3)15-8-9-16-27(4)19-12-21-29(6)22-13-23-30(7)24-31/h14-16,20-21,23-24H,8-13,17-19,22H2,1-7H3/b26-15+,27-16+,28-20+,29-21-,30-23+. The molecule has 0 aliphatic heterocycles. The van der Waals surface area contributed by atoms with Crippen LogP contribution in [0, 0.1) is 0 Å². The molecule has 0 fully saturated rings. The molecule has 1 heteroatoms. The average Bonchev–Trinajstić information content (AvgIpc) is 2.70. The third-order valence-corrected chi connectivity index (χ3v) is 6.28. The van der Waals surface area contributed by atoms with E-state index < -0.39 is 0 Å². The summed E-state index contributed by atoms with van der Waals surface area (Å²) >= 11 is 2.95. The van der Waals surface area contributed by atoms with Crippen LogP contribution in [-0.2, 0) is 0 Å². The van der Waals surface area contributed by atoms with Gasteiger partial charge in [-0.3, -0.25) is 0 Å². The van der Waals surface area contributed by atoms with Crippen LogP contribution in [0.4, 0.5) is 0 Å². The maximum absolute atomic E-state index is 2.95. The van der Waals surface area contributed by atoms with Gasteiger partial charge in [0.2, 0.25) is 0 Å². The maximum atomic E-state index is 2.95. The molecule has 0 heterocycles. The third kappa shape index (κ3) is 20.5. The predicted molar refractivity (Wildman–Crippen MR) is 146 cm³/mol. The molecule has 174 valence electrons. The molecule has 0 aliphatic carbocycles. The fourth-order valence-electron chi connectivity index (χ4n) is 3.32. The molecule has 0 aromatic heterocycles. The van der Waals surface area contributed by atoms with Crippen LogP contribution in [0.25, 0.3) is 0 Å². The summed E-state index contributed by atoms with van der Waals surface area (Å²) in [6.45, 7) is 15.6. The van der Waals surface area contributed by atoms with E-state index in [4.69, 9.17) is 0 Å². The Morgan fingerprint density at radius 1 is 0.452 bits per heavy atom. The second kappa shape index (κ2) is 19.5. The van der Waals surface area contributed by atoms with E-state index in [0.29, 0.717) is 0 Å². The zero-order valence-corrected chi connectivity index (χ0v) is 23.2. The number of unbranched alkanes of at least 4 members (excludes halogenated alkanes) is 1. The van der Waals surface area contributed by atoms with Crippen LogP contribution in [0.5, 0.6) is 0 Å². The quantitative estimate of drug-likeness (QED) is 0.115. The van der Waals surface area contributed by atoms with E-state index in [0.717, 1.165) is 12.8 Å². The Morgan fingerprint density at radius 3 is 1.13 bits per heavy atom. The summed E-state index contributed by atoms with van der Waals surface area (Å²) in [5.74, 6) is 0. The van der Waals surface area contributed by atoms with Crippen molar-refractivity contribution in [1.82, 2.24) is 0 Å². The second-order valence-electron chi connectivity index (χ2n) is 9.28. The Bertz CT molecular complexity index is 688. The van der Waals surface area contributed by atoms with Gasteiger partial charge in [0.25, 0.3) is 0 Å². The van der Waals surface area contributed by atoms with Crippen molar-refractivity contribution >= 4 is 20.5 Å². The molecule has 0 bridgehead atoms. The first-order valence-electron chi connectivity index (χ1n) is 12.1. The molecule has 0 saturated carbocycles. The van der Waals surface area contributed by atoms with Crippen LogP contribution in [0.1, 0.15) is 113 Å². The predicted octanol–water partition coefficient (Wildman–Crippen LogP) is 9.56. The van der Waals surface area contributed by atoms with Crippen LogP contribution in [0.15, 0.2) is 69.9 Å². The average molecular weight is 488 g/mol. The molecule has 0 aromatic rings. The minimum absolute atomic E-state index is 1.14. The summed E-state index contributed by atoms with van der Waals surface area (Å²) in [6, 6.07) is 0. The van der Waals surface area contributed by atoms with Gasteiger partial charge in [0, 0.05) is 0 Å². The van der Waals surface area contributed by atoms with E-state index in [2.05, 4.69) is 105 Å². The van der Waals surface area contributed by atoms with Gasteiger partial charge in [-0.15, -0.1) is 0 Å². The molecule has 0 radical (unpaired) electrons. The normalized spacial score (nSPS) is 14.1. The molecule has 0 atom stereocenters. The van der Waals surface area contributed by atoms with Gasteiger partial charge in [-0.25, -0.2) is 0 Å². The Morgan fingerprint density at radius 2 is 0.774 bits per heavy atom. The Kier molecular flexibility index (Phi) is 18.8. The summed E-state index contributed by atoms with van der Waals surface area (Å²) in [4.78, 5) is 2.05. The van der Waals surface area contributed by atoms with E-state index in [9.17, 15) is 0 Å². The van der Waals surface area contributed by atoms with Gasteiger partial charge in [0.15, 0.2) is 0 Å². The molecule has 31 heavy (non-hydrogen) atoms. The van der Waals surface area contributed by atoms with E-state index >= 15 is 0 Å². The van der Waals surface area contributed by atoms with Gasteiger partial charge >= 0.3 is 108 Å². The number of hydrogen-bond acceptors (Lipinski definition) is 0. The third-order valence-electron chi connectivity index (χ3n) is 5.50. The SMILES string of the molecule is CC(C)=CCC/C(C)=C/CC/C(C)=C/CC/C=C(\C)CC/C=C(/C)CC/C=C(\C)C=[Se]. The second-order valence-corrected chi connectivity index (χ2v) is 9.78. The van der Waals surface area contributed by atoms with Crippen molar-refractivity contribution in [2.75, 3.05) is 0 Å². The van der Waals surface area contributed by atoms with E-state index in [1.54, 1.807) is 0 Å². The van der Waals surface area contributed by atoms with Crippen molar-refractivity contribution in [3.05, 3.63) is 69.9 Å². The van der Waals surface area contributed by atoms with Crippen LogP contribution >= 0.6 is 0 Å². The van der Waals surface area contributed by atoms with Gasteiger partial charge in [-0.05, 0) is 59.8 Å². The van der Waals surface area contributed by atoms with E-state index in [1.165, 1.54) is 84.8 Å². The fraction of sp³-hybridized carbons (Fsp3) is 0.567. The summed E-state index contributed by atoms with van der Waals surface area (Å²) < 4.78 is 0. The van der Waals surface area contributed by atoms with Crippen molar-refractivity contribution in [2.45, 2.75) is 113 Å². The van der Waals surface area contributed by atoms with Gasteiger partial charge in [0.1, 0.15) is 0 Å². The number of hydrogen-bond donors (Lipinski definition) is 0. The molecular formula is C30H48Se. The van der Waals surface area contributed by atoms with Crippen LogP contribution < -0.4 is 0 Å². The van der Waals surface area contributed by atoms with Crippen molar-refractivity contribution in [1.29, 1.82) is 0 Å². The van der Waals surface area contributed by atoms with Gasteiger partial charge < -0.3 is 0 Å². The summed E-state index contributed by atoms with van der Waals surface area (Å²) in [5, 5.41) is 0. The molecule has 0 N–H and O–H groups in total. The van der Waals surface area contributed by atoms with E-state index in [1.807, 2.05) is 0 Å². The zero-order valence-electron chi connectivity index (χ0n) is 21.5. The molecular weight excluding hydrogens is 439 g/mol. The molecule has 0 saturated heterocycles. The molecule has 0 rings (SSSR count). The zero-order chi connectivity index (χ0) is 23.5. The van der Waals surface area contributed by atoms with Crippen molar-refractivity contribution in [2.24, 2.45) is 0 Å². The monoisotopic (exact) mass is 488 g/mol. The van der Waals surface area contributed by atoms with E-state index in [-0.39, 0.29) is 0 Å². The summed E-state index contributed by atoms with van der Waals surface area (Å²) in [5.41, 5.74) is 8.84. The molecule has 0 unspecified atom stereocenters. The van der Waals surface area contributed by atoms with Crippen LogP contribution in [-0.4, -0.2) is 20.5 Å².